The van der Waals surface area contributed by atoms with Gasteiger partial charge in [-0.2, -0.15) is 0 Å². The van der Waals surface area contributed by atoms with Gasteiger partial charge in [0.25, 0.3) is 5.91 Å². The Kier molecular flexibility index (Phi) is 4.41. The molecule has 5 rings (SSSR count). The number of piperidine rings is 3. The Morgan fingerprint density at radius 3 is 2.54 bits per heavy atom. The van der Waals surface area contributed by atoms with Gasteiger partial charge in [0.15, 0.2) is 11.5 Å². The van der Waals surface area contributed by atoms with Gasteiger partial charge in [-0.15, -0.1) is 0 Å². The maximum atomic E-state index is 12.7. The molecule has 2 aromatic rings. The maximum absolute atomic E-state index is 12.7. The highest BCUT2D eigenvalue weighted by Crippen LogP contribution is 2.32. The van der Waals surface area contributed by atoms with Gasteiger partial charge in [0.2, 0.25) is 0 Å². The van der Waals surface area contributed by atoms with E-state index < -0.39 is 0 Å². The molecule has 1 aromatic heterocycles. The van der Waals surface area contributed by atoms with Crippen molar-refractivity contribution in [3.8, 4) is 11.3 Å². The molecule has 136 valence electrons. The van der Waals surface area contributed by atoms with Crippen molar-refractivity contribution in [3.05, 3.63) is 47.7 Å². The molecule has 0 saturated carbocycles. The number of Topliss-reactive ketones (excluding diaryl/α,β-unsaturated/α-hetero) is 1. The third-order valence-electron chi connectivity index (χ3n) is 5.88. The van der Waals surface area contributed by atoms with Crippen LogP contribution in [0.4, 0.5) is 0 Å². The number of carbonyl (C=O) groups excluding carboxylic acids is 2. The number of carbonyl (C=O) groups is 2. The van der Waals surface area contributed by atoms with Crippen LogP contribution in [0.3, 0.4) is 0 Å². The molecule has 1 amide bonds. The summed E-state index contributed by atoms with van der Waals surface area (Å²) in [4.78, 5) is 27.0. The summed E-state index contributed by atoms with van der Waals surface area (Å²) in [6.07, 6.45) is 2.29. The van der Waals surface area contributed by atoms with Gasteiger partial charge in [0.1, 0.15) is 5.76 Å². The molecule has 26 heavy (non-hydrogen) atoms. The average molecular weight is 352 g/mol. The molecule has 3 aliphatic heterocycles. The quantitative estimate of drug-likeness (QED) is 0.857. The Morgan fingerprint density at radius 2 is 1.85 bits per heavy atom. The molecule has 4 heterocycles. The standard InChI is InChI=1S/C21H24N2O3/c1-13-20(15-9-11-23(13)12-10-15)22-21(25)19-8-7-18(26-19)17-6-4-3-5-16(17)14(2)24/h3-8,13,15,20H,9-12H2,1-2H3,(H,22,25). The first kappa shape index (κ1) is 17.0. The number of hydrogen-bond acceptors (Lipinski definition) is 4. The molecule has 2 unspecified atom stereocenters. The van der Waals surface area contributed by atoms with Crippen molar-refractivity contribution in [3.63, 3.8) is 0 Å². The minimum Gasteiger partial charge on any atom is -0.451 e. The van der Waals surface area contributed by atoms with E-state index in [1.807, 2.05) is 18.2 Å². The fraction of sp³-hybridized carbons (Fsp3) is 0.429. The molecule has 1 aromatic carbocycles. The predicted octanol–water partition coefficient (Wildman–Crippen LogP) is 3.36. The lowest BCUT2D eigenvalue weighted by Crippen LogP contribution is -2.62. The van der Waals surface area contributed by atoms with Crippen LogP contribution >= 0.6 is 0 Å². The van der Waals surface area contributed by atoms with Gasteiger partial charge in [-0.3, -0.25) is 14.5 Å². The Bertz CT molecular complexity index is 831. The van der Waals surface area contributed by atoms with Crippen molar-refractivity contribution < 1.29 is 14.0 Å². The second-order valence-electron chi connectivity index (χ2n) is 7.38. The van der Waals surface area contributed by atoms with Crippen LogP contribution in [0.25, 0.3) is 11.3 Å². The summed E-state index contributed by atoms with van der Waals surface area (Å²) >= 11 is 0. The van der Waals surface area contributed by atoms with Gasteiger partial charge in [0.05, 0.1) is 0 Å². The Hall–Kier alpha value is -2.40. The van der Waals surface area contributed by atoms with Gasteiger partial charge in [0, 0.05) is 23.2 Å². The van der Waals surface area contributed by atoms with E-state index in [1.165, 1.54) is 6.92 Å². The Morgan fingerprint density at radius 1 is 1.12 bits per heavy atom. The lowest BCUT2D eigenvalue weighted by molar-refractivity contribution is 0.0211. The number of furan rings is 1. The molecule has 2 bridgehead atoms. The zero-order chi connectivity index (χ0) is 18.3. The van der Waals surface area contributed by atoms with Crippen molar-refractivity contribution in [1.82, 2.24) is 10.2 Å². The largest absolute Gasteiger partial charge is 0.451 e. The number of amides is 1. The van der Waals surface area contributed by atoms with E-state index in [2.05, 4.69) is 17.1 Å². The van der Waals surface area contributed by atoms with Crippen LogP contribution in [0.2, 0.25) is 0 Å². The smallest absolute Gasteiger partial charge is 0.287 e. The van der Waals surface area contributed by atoms with E-state index in [1.54, 1.807) is 18.2 Å². The summed E-state index contributed by atoms with van der Waals surface area (Å²) in [7, 11) is 0. The zero-order valence-electron chi connectivity index (χ0n) is 15.2. The summed E-state index contributed by atoms with van der Waals surface area (Å²) in [6, 6.07) is 11.3. The molecule has 1 N–H and O–H groups in total. The van der Waals surface area contributed by atoms with Crippen LogP contribution in [0, 0.1) is 5.92 Å². The normalized spacial score (nSPS) is 27.3. The SMILES string of the molecule is CC(=O)c1ccccc1-c1ccc(C(=O)NC2C3CCN(CC3)C2C)o1. The summed E-state index contributed by atoms with van der Waals surface area (Å²) in [5.41, 5.74) is 1.31. The number of nitrogens with zero attached hydrogens (tertiary/aromatic N) is 1. The Balaban J connectivity index is 1.53. The van der Waals surface area contributed by atoms with Crippen LogP contribution in [-0.2, 0) is 0 Å². The first-order chi connectivity index (χ1) is 12.5. The van der Waals surface area contributed by atoms with E-state index in [9.17, 15) is 9.59 Å². The van der Waals surface area contributed by atoms with Crippen LogP contribution < -0.4 is 5.32 Å². The molecular formula is C21H24N2O3. The number of benzene rings is 1. The lowest BCUT2D eigenvalue weighted by Gasteiger charge is -2.49. The van der Waals surface area contributed by atoms with E-state index in [4.69, 9.17) is 4.42 Å². The Labute approximate surface area is 153 Å². The highest BCUT2D eigenvalue weighted by molar-refractivity contribution is 6.00. The molecule has 3 fully saturated rings. The highest BCUT2D eigenvalue weighted by Gasteiger charge is 2.40. The topological polar surface area (TPSA) is 62.6 Å². The van der Waals surface area contributed by atoms with Crippen LogP contribution in [-0.4, -0.2) is 41.8 Å². The fourth-order valence-corrected chi connectivity index (χ4v) is 4.38. The molecule has 3 aliphatic rings. The van der Waals surface area contributed by atoms with Gasteiger partial charge >= 0.3 is 0 Å². The van der Waals surface area contributed by atoms with E-state index in [0.29, 0.717) is 29.0 Å². The first-order valence-electron chi connectivity index (χ1n) is 9.29. The molecular weight excluding hydrogens is 328 g/mol. The van der Waals surface area contributed by atoms with Crippen LogP contribution in [0.15, 0.2) is 40.8 Å². The fourth-order valence-electron chi connectivity index (χ4n) is 4.38. The van der Waals surface area contributed by atoms with Gasteiger partial charge in [-0.25, -0.2) is 0 Å². The number of fused-ring (bicyclic) bond motifs is 3. The van der Waals surface area contributed by atoms with E-state index in [-0.39, 0.29) is 17.7 Å². The number of hydrogen-bond donors (Lipinski definition) is 1. The van der Waals surface area contributed by atoms with Crippen molar-refractivity contribution in [2.45, 2.75) is 38.8 Å². The first-order valence-corrected chi connectivity index (χ1v) is 9.29. The summed E-state index contributed by atoms with van der Waals surface area (Å²) < 4.78 is 5.80. The van der Waals surface area contributed by atoms with Gasteiger partial charge in [-0.1, -0.05) is 24.3 Å². The molecule has 0 radical (unpaired) electrons. The number of ketones is 1. The van der Waals surface area contributed by atoms with E-state index >= 15 is 0 Å². The third kappa shape index (κ3) is 2.97. The molecule has 2 atom stereocenters. The number of nitrogens with one attached hydrogen (secondary N) is 1. The second-order valence-corrected chi connectivity index (χ2v) is 7.38. The average Bonchev–Trinajstić information content (AvgIpc) is 3.15. The zero-order valence-corrected chi connectivity index (χ0v) is 15.2. The van der Waals surface area contributed by atoms with Crippen LogP contribution in [0.1, 0.15) is 47.6 Å². The maximum Gasteiger partial charge on any atom is 0.287 e. The molecule has 5 heteroatoms. The van der Waals surface area contributed by atoms with Gasteiger partial charge in [-0.05, 0) is 57.8 Å². The lowest BCUT2D eigenvalue weighted by atomic mass is 9.79. The predicted molar refractivity (Wildman–Crippen MR) is 99.2 cm³/mol. The summed E-state index contributed by atoms with van der Waals surface area (Å²) in [6.45, 7) is 5.98. The molecule has 5 nitrogen and oxygen atoms in total. The monoisotopic (exact) mass is 352 g/mol. The van der Waals surface area contributed by atoms with E-state index in [0.717, 1.165) is 31.5 Å². The van der Waals surface area contributed by atoms with Crippen molar-refractivity contribution in [2.24, 2.45) is 5.92 Å². The second kappa shape index (κ2) is 6.72. The minimum atomic E-state index is -0.179. The minimum absolute atomic E-state index is 0.0240. The van der Waals surface area contributed by atoms with Gasteiger partial charge < -0.3 is 9.73 Å². The molecule has 3 saturated heterocycles. The molecule has 0 aliphatic carbocycles. The van der Waals surface area contributed by atoms with Crippen molar-refractivity contribution in [1.29, 1.82) is 0 Å². The highest BCUT2D eigenvalue weighted by atomic mass is 16.4. The summed E-state index contributed by atoms with van der Waals surface area (Å²) in [5.74, 6) is 1.18. The van der Waals surface area contributed by atoms with Crippen molar-refractivity contribution >= 4 is 11.7 Å². The number of rotatable bonds is 4. The molecule has 0 spiro atoms. The summed E-state index contributed by atoms with van der Waals surface area (Å²) in [5, 5.41) is 3.18. The van der Waals surface area contributed by atoms with Crippen LogP contribution in [0.5, 0.6) is 0 Å². The third-order valence-corrected chi connectivity index (χ3v) is 5.88. The van der Waals surface area contributed by atoms with Crippen molar-refractivity contribution in [2.75, 3.05) is 13.1 Å².